The van der Waals surface area contributed by atoms with Gasteiger partial charge in [-0.25, -0.2) is 0 Å². The molecule has 3 nitrogen and oxygen atoms in total. The molecule has 0 heterocycles. The van der Waals surface area contributed by atoms with Crippen molar-refractivity contribution in [1.29, 1.82) is 5.26 Å². The Morgan fingerprint density at radius 2 is 2.25 bits per heavy atom. The number of aldehydes is 1. The molecule has 1 aromatic carbocycles. The summed E-state index contributed by atoms with van der Waals surface area (Å²) < 4.78 is 4.99. The van der Waals surface area contributed by atoms with Crippen LogP contribution in [-0.4, -0.2) is 12.9 Å². The van der Waals surface area contributed by atoms with Crippen molar-refractivity contribution in [2.45, 2.75) is 0 Å². The third-order valence-corrected chi connectivity index (χ3v) is 1.31. The third kappa shape index (κ3) is 1.83. The van der Waals surface area contributed by atoms with E-state index < -0.39 is 0 Å². The fourth-order valence-electron chi connectivity index (χ4n) is 0.809. The van der Waals surface area contributed by atoms with Gasteiger partial charge in [-0.1, -0.05) is 12.1 Å². The zero-order valence-electron chi connectivity index (χ0n) is 6.36. The predicted molar refractivity (Wildman–Crippen MR) is 42.7 cm³/mol. The molecule has 60 valence electrons. The number of carbonyl (C=O) groups is 1. The molecule has 0 bridgehead atoms. The Morgan fingerprint density at radius 1 is 1.50 bits per heavy atom. The number of hydrogen-bond donors (Lipinski definition) is 0. The van der Waals surface area contributed by atoms with Gasteiger partial charge in [-0.05, 0) is 12.1 Å². The van der Waals surface area contributed by atoms with Gasteiger partial charge in [-0.15, -0.1) is 0 Å². The van der Waals surface area contributed by atoms with Crippen LogP contribution in [0.3, 0.4) is 0 Å². The van der Waals surface area contributed by atoms with Crippen molar-refractivity contribution in [3.8, 4) is 11.8 Å². The molecule has 12 heavy (non-hydrogen) atoms. The summed E-state index contributed by atoms with van der Waals surface area (Å²) in [7, 11) is 0. The first kappa shape index (κ1) is 8.28. The summed E-state index contributed by atoms with van der Waals surface area (Å²) in [6, 6.07) is 8.75. The Balaban J connectivity index is 2.83. The van der Waals surface area contributed by atoms with Crippen molar-refractivity contribution in [3.63, 3.8) is 0 Å². The van der Waals surface area contributed by atoms with Gasteiger partial charge in [0.25, 0.3) is 0 Å². The largest absolute Gasteiger partial charge is 0.485 e. The van der Waals surface area contributed by atoms with Crippen LogP contribution in [0, 0.1) is 11.3 Å². The van der Waals surface area contributed by atoms with Crippen molar-refractivity contribution in [1.82, 2.24) is 0 Å². The first-order valence-electron chi connectivity index (χ1n) is 3.44. The summed E-state index contributed by atoms with van der Waals surface area (Å²) in [4.78, 5) is 9.97. The molecule has 0 aliphatic rings. The van der Waals surface area contributed by atoms with Gasteiger partial charge in [0.05, 0.1) is 5.56 Å². The van der Waals surface area contributed by atoms with Crippen molar-refractivity contribution in [3.05, 3.63) is 29.8 Å². The molecule has 0 aliphatic heterocycles. The first-order valence-corrected chi connectivity index (χ1v) is 3.44. The molecule has 0 saturated heterocycles. The van der Waals surface area contributed by atoms with Gasteiger partial charge >= 0.3 is 0 Å². The highest BCUT2D eigenvalue weighted by Crippen LogP contribution is 2.15. The van der Waals surface area contributed by atoms with Crippen LogP contribution in [0.5, 0.6) is 5.75 Å². The van der Waals surface area contributed by atoms with Gasteiger partial charge in [0.1, 0.15) is 18.4 Å². The van der Waals surface area contributed by atoms with E-state index in [1.165, 1.54) is 0 Å². The van der Waals surface area contributed by atoms with Crippen LogP contribution in [0.25, 0.3) is 0 Å². The molecule has 0 amide bonds. The summed E-state index contributed by atoms with van der Waals surface area (Å²) in [6.07, 6.45) is 0.647. The van der Waals surface area contributed by atoms with E-state index in [9.17, 15) is 4.79 Å². The molecule has 1 rings (SSSR count). The lowest BCUT2D eigenvalue weighted by atomic mass is 10.2. The van der Waals surface area contributed by atoms with Crippen LogP contribution >= 0.6 is 0 Å². The fourth-order valence-corrected chi connectivity index (χ4v) is 0.809. The average molecular weight is 161 g/mol. The molecule has 0 aliphatic carbocycles. The Morgan fingerprint density at radius 3 is 2.92 bits per heavy atom. The summed E-state index contributed by atoms with van der Waals surface area (Å²) >= 11 is 0. The number of ether oxygens (including phenoxy) is 1. The molecule has 0 radical (unpaired) electrons. The molecule has 0 spiro atoms. The Hall–Kier alpha value is -1.82. The SMILES string of the molecule is N#Cc1ccccc1OCC=O. The monoisotopic (exact) mass is 161 g/mol. The summed E-state index contributed by atoms with van der Waals surface area (Å²) in [5, 5.41) is 8.60. The van der Waals surface area contributed by atoms with Crippen molar-refractivity contribution < 1.29 is 9.53 Å². The lowest BCUT2D eigenvalue weighted by Gasteiger charge is -2.02. The predicted octanol–water partition coefficient (Wildman–Crippen LogP) is 1.14. The molecule has 1 aromatic rings. The number of benzene rings is 1. The molecular formula is C9H7NO2. The molecule has 0 N–H and O–H groups in total. The highest BCUT2D eigenvalue weighted by molar-refractivity contribution is 5.52. The van der Waals surface area contributed by atoms with E-state index in [1.807, 2.05) is 6.07 Å². The molecule has 0 atom stereocenters. The highest BCUT2D eigenvalue weighted by atomic mass is 16.5. The van der Waals surface area contributed by atoms with Crippen molar-refractivity contribution in [2.75, 3.05) is 6.61 Å². The van der Waals surface area contributed by atoms with Gasteiger partial charge in [0.2, 0.25) is 0 Å². The maximum Gasteiger partial charge on any atom is 0.157 e. The van der Waals surface area contributed by atoms with Crippen LogP contribution in [0.4, 0.5) is 0 Å². The molecule has 3 heteroatoms. The van der Waals surface area contributed by atoms with Gasteiger partial charge in [-0.2, -0.15) is 5.26 Å². The second-order valence-corrected chi connectivity index (χ2v) is 2.09. The van der Waals surface area contributed by atoms with E-state index in [0.29, 0.717) is 17.6 Å². The van der Waals surface area contributed by atoms with Gasteiger partial charge < -0.3 is 4.74 Å². The lowest BCUT2D eigenvalue weighted by molar-refractivity contribution is -0.109. The van der Waals surface area contributed by atoms with Crippen molar-refractivity contribution >= 4 is 6.29 Å². The number of nitriles is 1. The molecule has 0 unspecified atom stereocenters. The summed E-state index contributed by atoms with van der Waals surface area (Å²) in [5.74, 6) is 0.451. The Kier molecular flexibility index (Phi) is 2.86. The summed E-state index contributed by atoms with van der Waals surface area (Å²) in [6.45, 7) is -0.0152. The molecule has 0 aromatic heterocycles. The number of nitrogens with zero attached hydrogens (tertiary/aromatic N) is 1. The van der Waals surface area contributed by atoms with Crippen LogP contribution in [0.1, 0.15) is 5.56 Å². The van der Waals surface area contributed by atoms with Crippen LogP contribution in [0.15, 0.2) is 24.3 Å². The standard InChI is InChI=1S/C9H7NO2/c10-7-8-3-1-2-4-9(8)12-6-5-11/h1-5H,6H2. The number of rotatable bonds is 3. The Labute approximate surface area is 70.2 Å². The van der Waals surface area contributed by atoms with Crippen LogP contribution in [0.2, 0.25) is 0 Å². The lowest BCUT2D eigenvalue weighted by Crippen LogP contribution is -1.98. The van der Waals surface area contributed by atoms with Crippen molar-refractivity contribution in [2.24, 2.45) is 0 Å². The van der Waals surface area contributed by atoms with E-state index in [4.69, 9.17) is 10.00 Å². The zero-order valence-corrected chi connectivity index (χ0v) is 6.36. The topological polar surface area (TPSA) is 50.1 Å². The number of para-hydroxylation sites is 1. The smallest absolute Gasteiger partial charge is 0.157 e. The maximum absolute atomic E-state index is 9.97. The van der Waals surface area contributed by atoms with Crippen LogP contribution in [-0.2, 0) is 4.79 Å². The quantitative estimate of drug-likeness (QED) is 0.624. The van der Waals surface area contributed by atoms with Gasteiger partial charge in [0, 0.05) is 0 Å². The van der Waals surface area contributed by atoms with E-state index in [1.54, 1.807) is 24.3 Å². The normalized spacial score (nSPS) is 8.58. The number of carbonyl (C=O) groups excluding carboxylic acids is 1. The molecular weight excluding hydrogens is 154 g/mol. The van der Waals surface area contributed by atoms with E-state index in [0.717, 1.165) is 0 Å². The second kappa shape index (κ2) is 4.14. The first-order chi connectivity index (χ1) is 5.88. The van der Waals surface area contributed by atoms with Crippen LogP contribution < -0.4 is 4.74 Å². The minimum atomic E-state index is -0.0152. The van der Waals surface area contributed by atoms with Gasteiger partial charge in [-0.3, -0.25) is 4.79 Å². The fraction of sp³-hybridized carbons (Fsp3) is 0.111. The zero-order chi connectivity index (χ0) is 8.81. The summed E-state index contributed by atoms with van der Waals surface area (Å²) in [5.41, 5.74) is 0.444. The minimum absolute atomic E-state index is 0.0152. The number of hydrogen-bond acceptors (Lipinski definition) is 3. The second-order valence-electron chi connectivity index (χ2n) is 2.09. The highest BCUT2D eigenvalue weighted by Gasteiger charge is 1.99. The van der Waals surface area contributed by atoms with E-state index in [-0.39, 0.29) is 6.61 Å². The van der Waals surface area contributed by atoms with E-state index >= 15 is 0 Å². The maximum atomic E-state index is 9.97. The molecule has 0 fully saturated rings. The third-order valence-electron chi connectivity index (χ3n) is 1.31. The van der Waals surface area contributed by atoms with Gasteiger partial charge in [0.15, 0.2) is 6.29 Å². The molecule has 0 saturated carbocycles. The average Bonchev–Trinajstić information content (AvgIpc) is 2.15. The Bertz CT molecular complexity index is 315. The van der Waals surface area contributed by atoms with E-state index in [2.05, 4.69) is 0 Å². The minimum Gasteiger partial charge on any atom is -0.485 e.